The van der Waals surface area contributed by atoms with Gasteiger partial charge in [-0.05, 0) is 11.4 Å². The Morgan fingerprint density at radius 1 is 1.36 bits per heavy atom. The fraction of sp³-hybridized carbons (Fsp3) is 0.200. The summed E-state index contributed by atoms with van der Waals surface area (Å²) in [6.45, 7) is 0.516. The molecule has 1 aliphatic rings. The summed E-state index contributed by atoms with van der Waals surface area (Å²) < 4.78 is 0. The van der Waals surface area contributed by atoms with Gasteiger partial charge in [-0.3, -0.25) is 14.9 Å². The standard InChI is InChI=1S/C15H13N3O3S/c19-15(10-13-5-2-8-22-13)17-7-6-14(16-17)11-3-1-4-12(9-11)18(20)21/h1-5,8-9H,6-7,10H2. The van der Waals surface area contributed by atoms with E-state index in [1.54, 1.807) is 23.5 Å². The summed E-state index contributed by atoms with van der Waals surface area (Å²) in [5, 5.41) is 18.5. The van der Waals surface area contributed by atoms with E-state index in [9.17, 15) is 14.9 Å². The molecule has 0 saturated carbocycles. The van der Waals surface area contributed by atoms with Crippen LogP contribution in [0.15, 0.2) is 46.9 Å². The quantitative estimate of drug-likeness (QED) is 0.643. The molecule has 0 aliphatic carbocycles. The Morgan fingerprint density at radius 3 is 2.95 bits per heavy atom. The third kappa shape index (κ3) is 3.04. The molecule has 112 valence electrons. The summed E-state index contributed by atoms with van der Waals surface area (Å²) in [6.07, 6.45) is 0.945. The number of thiophene rings is 1. The molecule has 3 rings (SSSR count). The van der Waals surface area contributed by atoms with Crippen molar-refractivity contribution in [1.82, 2.24) is 5.01 Å². The van der Waals surface area contributed by atoms with Crippen LogP contribution < -0.4 is 0 Å². The number of hydrogen-bond acceptors (Lipinski definition) is 5. The second-order valence-electron chi connectivity index (χ2n) is 4.88. The van der Waals surface area contributed by atoms with Crippen LogP contribution in [0.5, 0.6) is 0 Å². The molecule has 0 N–H and O–H groups in total. The van der Waals surface area contributed by atoms with Crippen molar-refractivity contribution in [2.24, 2.45) is 5.10 Å². The van der Waals surface area contributed by atoms with Crippen molar-refractivity contribution in [2.75, 3.05) is 6.54 Å². The summed E-state index contributed by atoms with van der Waals surface area (Å²) in [6, 6.07) is 10.2. The molecule has 22 heavy (non-hydrogen) atoms. The van der Waals surface area contributed by atoms with Crippen molar-refractivity contribution in [3.63, 3.8) is 0 Å². The van der Waals surface area contributed by atoms with Crippen LogP contribution in [-0.2, 0) is 11.2 Å². The van der Waals surface area contributed by atoms with Crippen LogP contribution in [0.4, 0.5) is 5.69 Å². The summed E-state index contributed by atoms with van der Waals surface area (Å²) in [4.78, 5) is 23.6. The van der Waals surface area contributed by atoms with Gasteiger partial charge < -0.3 is 0 Å². The number of nitro groups is 1. The zero-order valence-electron chi connectivity index (χ0n) is 11.6. The normalized spacial score (nSPS) is 14.0. The highest BCUT2D eigenvalue weighted by molar-refractivity contribution is 7.10. The molecule has 0 bridgehead atoms. The molecule has 1 amide bonds. The summed E-state index contributed by atoms with van der Waals surface area (Å²) in [5.41, 5.74) is 1.44. The van der Waals surface area contributed by atoms with Gasteiger partial charge in [0.2, 0.25) is 5.91 Å². The maximum Gasteiger partial charge on any atom is 0.270 e. The Balaban J connectivity index is 1.75. The molecule has 0 atom stereocenters. The molecule has 0 radical (unpaired) electrons. The molecule has 2 heterocycles. The van der Waals surface area contributed by atoms with Crippen molar-refractivity contribution in [3.8, 4) is 0 Å². The van der Waals surface area contributed by atoms with E-state index in [4.69, 9.17) is 0 Å². The molecule has 1 aromatic carbocycles. The van der Waals surface area contributed by atoms with Crippen LogP contribution in [-0.4, -0.2) is 28.1 Å². The van der Waals surface area contributed by atoms with Gasteiger partial charge in [-0.1, -0.05) is 18.2 Å². The van der Waals surface area contributed by atoms with Crippen LogP contribution >= 0.6 is 11.3 Å². The lowest BCUT2D eigenvalue weighted by Crippen LogP contribution is -2.24. The van der Waals surface area contributed by atoms with E-state index in [2.05, 4.69) is 5.10 Å². The minimum atomic E-state index is -0.432. The number of nitro benzene ring substituents is 1. The Bertz CT molecular complexity index is 740. The first kappa shape index (κ1) is 14.4. The molecule has 6 nitrogen and oxygen atoms in total. The molecule has 0 saturated heterocycles. The molecule has 7 heteroatoms. The van der Waals surface area contributed by atoms with Crippen molar-refractivity contribution >= 4 is 28.6 Å². The molecular formula is C15H13N3O3S. The molecule has 1 aromatic heterocycles. The lowest BCUT2D eigenvalue weighted by Gasteiger charge is -2.10. The minimum Gasteiger partial charge on any atom is -0.273 e. The third-order valence-corrected chi connectivity index (χ3v) is 4.26. The van der Waals surface area contributed by atoms with Crippen molar-refractivity contribution in [1.29, 1.82) is 0 Å². The zero-order valence-corrected chi connectivity index (χ0v) is 12.5. The molecule has 0 unspecified atom stereocenters. The number of hydrazone groups is 1. The Morgan fingerprint density at radius 2 is 2.23 bits per heavy atom. The Labute approximate surface area is 130 Å². The van der Waals surface area contributed by atoms with Gasteiger partial charge in [0.25, 0.3) is 5.69 Å². The maximum absolute atomic E-state index is 12.2. The first-order chi connectivity index (χ1) is 10.6. The van der Waals surface area contributed by atoms with Crippen LogP contribution in [0.1, 0.15) is 16.9 Å². The second-order valence-corrected chi connectivity index (χ2v) is 5.91. The smallest absolute Gasteiger partial charge is 0.270 e. The summed E-state index contributed by atoms with van der Waals surface area (Å²) in [7, 11) is 0. The van der Waals surface area contributed by atoms with Gasteiger partial charge >= 0.3 is 0 Å². The fourth-order valence-electron chi connectivity index (χ4n) is 2.29. The van der Waals surface area contributed by atoms with Gasteiger partial charge in [0.05, 0.1) is 23.6 Å². The van der Waals surface area contributed by atoms with Gasteiger partial charge in [0.1, 0.15) is 0 Å². The van der Waals surface area contributed by atoms with Crippen LogP contribution in [0.2, 0.25) is 0 Å². The molecule has 1 aliphatic heterocycles. The number of amides is 1. The highest BCUT2D eigenvalue weighted by atomic mass is 32.1. The van der Waals surface area contributed by atoms with Crippen molar-refractivity contribution in [2.45, 2.75) is 12.8 Å². The summed E-state index contributed by atoms with van der Waals surface area (Å²) in [5.74, 6) is -0.0529. The first-order valence-electron chi connectivity index (χ1n) is 6.78. The fourth-order valence-corrected chi connectivity index (χ4v) is 2.99. The van der Waals surface area contributed by atoms with Gasteiger partial charge in [0.15, 0.2) is 0 Å². The monoisotopic (exact) mass is 315 g/mol. The van der Waals surface area contributed by atoms with Crippen molar-refractivity contribution < 1.29 is 9.72 Å². The predicted octanol–water partition coefficient (Wildman–Crippen LogP) is 2.84. The van der Waals surface area contributed by atoms with Crippen LogP contribution in [0.25, 0.3) is 0 Å². The SMILES string of the molecule is O=C(Cc1cccs1)N1CCC(c2cccc([N+](=O)[O-])c2)=N1. The van der Waals surface area contributed by atoms with Gasteiger partial charge in [-0.15, -0.1) is 11.3 Å². The predicted molar refractivity (Wildman–Crippen MR) is 84.0 cm³/mol. The largest absolute Gasteiger partial charge is 0.273 e. The van der Waals surface area contributed by atoms with E-state index in [0.29, 0.717) is 30.7 Å². The number of carbonyl (C=O) groups excluding carboxylic acids is 1. The third-order valence-electron chi connectivity index (χ3n) is 3.39. The first-order valence-corrected chi connectivity index (χ1v) is 7.66. The Hall–Kier alpha value is -2.54. The number of carbonyl (C=O) groups is 1. The molecule has 0 spiro atoms. The van der Waals surface area contributed by atoms with Gasteiger partial charge in [-0.25, -0.2) is 5.01 Å². The topological polar surface area (TPSA) is 75.8 Å². The van der Waals surface area contributed by atoms with E-state index < -0.39 is 4.92 Å². The highest BCUT2D eigenvalue weighted by Crippen LogP contribution is 2.20. The van der Waals surface area contributed by atoms with Gasteiger partial charge in [-0.2, -0.15) is 5.10 Å². The number of benzene rings is 1. The number of nitrogens with zero attached hydrogens (tertiary/aromatic N) is 3. The number of non-ortho nitro benzene ring substituents is 1. The minimum absolute atomic E-state index is 0.0311. The van der Waals surface area contributed by atoms with E-state index >= 15 is 0 Å². The maximum atomic E-state index is 12.2. The van der Waals surface area contributed by atoms with Crippen LogP contribution in [0, 0.1) is 10.1 Å². The second kappa shape index (κ2) is 6.07. The highest BCUT2D eigenvalue weighted by Gasteiger charge is 2.22. The Kier molecular flexibility index (Phi) is 3.97. The molecular weight excluding hydrogens is 302 g/mol. The van der Waals surface area contributed by atoms with E-state index in [-0.39, 0.29) is 11.6 Å². The zero-order chi connectivity index (χ0) is 15.5. The van der Waals surface area contributed by atoms with Crippen LogP contribution in [0.3, 0.4) is 0 Å². The number of hydrogen-bond donors (Lipinski definition) is 0. The van der Waals surface area contributed by atoms with E-state index in [1.165, 1.54) is 17.1 Å². The molecule has 0 fully saturated rings. The van der Waals surface area contributed by atoms with Gasteiger partial charge in [0, 0.05) is 29.0 Å². The lowest BCUT2D eigenvalue weighted by atomic mass is 10.1. The molecule has 2 aromatic rings. The average Bonchev–Trinajstić information content (AvgIpc) is 3.18. The van der Waals surface area contributed by atoms with E-state index in [0.717, 1.165) is 4.88 Å². The summed E-state index contributed by atoms with van der Waals surface area (Å²) >= 11 is 1.54. The van der Waals surface area contributed by atoms with Crippen molar-refractivity contribution in [3.05, 3.63) is 62.3 Å². The average molecular weight is 315 g/mol. The van der Waals surface area contributed by atoms with E-state index in [1.807, 2.05) is 17.5 Å². The number of rotatable bonds is 4. The lowest BCUT2D eigenvalue weighted by molar-refractivity contribution is -0.384.